The van der Waals surface area contributed by atoms with Crippen LogP contribution in [0.3, 0.4) is 0 Å². The van der Waals surface area contributed by atoms with E-state index in [0.29, 0.717) is 0 Å². The fourth-order valence-electron chi connectivity index (χ4n) is 4.19. The normalized spacial score (nSPS) is 22.2. The van der Waals surface area contributed by atoms with Gasteiger partial charge in [-0.3, -0.25) is 9.63 Å². The highest BCUT2D eigenvalue weighted by Gasteiger charge is 2.48. The van der Waals surface area contributed by atoms with Gasteiger partial charge in [0, 0.05) is 5.92 Å². The molecule has 0 radical (unpaired) electrons. The first-order chi connectivity index (χ1) is 15.8. The fraction of sp³-hybridized carbons (Fsp3) is 0.375. The number of alkyl carbamates (subject to hydrolysis) is 1. The summed E-state index contributed by atoms with van der Waals surface area (Å²) in [6, 6.07) is 15.4. The van der Waals surface area contributed by atoms with Gasteiger partial charge in [0.05, 0.1) is 24.7 Å². The Kier molecular flexibility index (Phi) is 6.35. The molecule has 1 aliphatic heterocycles. The molecule has 4 rings (SSSR count). The quantitative estimate of drug-likeness (QED) is 0.549. The molecule has 3 N–H and O–H groups in total. The van der Waals surface area contributed by atoms with E-state index in [2.05, 4.69) is 22.9 Å². The summed E-state index contributed by atoms with van der Waals surface area (Å²) in [6.45, 7) is 3.21. The standard InChI is InChI=1S/C24H26N2O7/c1-14(21(27)28)33-26-22(29)24(2)13-31-12-20(24)25-23(30)32-11-19-17-9-5-3-7-15(17)16-8-4-6-10-18(16)19/h3-10,14,19-20H,11-13H2,1-2H3,(H,25,30)(H,26,29)(H,27,28). The predicted octanol–water partition coefficient (Wildman–Crippen LogP) is 2.45. The van der Waals surface area contributed by atoms with Crippen molar-refractivity contribution in [2.45, 2.75) is 31.9 Å². The average Bonchev–Trinajstić information content (AvgIpc) is 3.34. The van der Waals surface area contributed by atoms with Crippen LogP contribution in [0.15, 0.2) is 48.5 Å². The van der Waals surface area contributed by atoms with Gasteiger partial charge < -0.3 is 19.9 Å². The Hall–Kier alpha value is -3.43. The van der Waals surface area contributed by atoms with E-state index in [-0.39, 0.29) is 25.7 Å². The van der Waals surface area contributed by atoms with Gasteiger partial charge in [-0.15, -0.1) is 0 Å². The molecule has 174 valence electrons. The lowest BCUT2D eigenvalue weighted by molar-refractivity contribution is -0.162. The Morgan fingerprint density at radius 3 is 2.33 bits per heavy atom. The number of carbonyl (C=O) groups is 3. The second-order valence-corrected chi connectivity index (χ2v) is 8.48. The van der Waals surface area contributed by atoms with Crippen LogP contribution in [0.4, 0.5) is 4.79 Å². The van der Waals surface area contributed by atoms with Crippen molar-refractivity contribution < 1.29 is 33.8 Å². The number of carboxylic acid groups (broad SMARTS) is 1. The van der Waals surface area contributed by atoms with Crippen molar-refractivity contribution in [1.82, 2.24) is 10.8 Å². The third-order valence-electron chi connectivity index (χ3n) is 6.29. The Morgan fingerprint density at radius 1 is 1.12 bits per heavy atom. The number of benzene rings is 2. The van der Waals surface area contributed by atoms with Crippen LogP contribution in [0, 0.1) is 5.41 Å². The smallest absolute Gasteiger partial charge is 0.407 e. The molecular formula is C24H26N2O7. The van der Waals surface area contributed by atoms with Crippen LogP contribution >= 0.6 is 0 Å². The van der Waals surface area contributed by atoms with E-state index >= 15 is 0 Å². The maximum absolute atomic E-state index is 12.6. The molecule has 1 aliphatic carbocycles. The maximum atomic E-state index is 12.6. The highest BCUT2D eigenvalue weighted by Crippen LogP contribution is 2.44. The third-order valence-corrected chi connectivity index (χ3v) is 6.29. The number of hydrogen-bond donors (Lipinski definition) is 3. The van der Waals surface area contributed by atoms with Crippen LogP contribution in [0.25, 0.3) is 11.1 Å². The summed E-state index contributed by atoms with van der Waals surface area (Å²) in [6.07, 6.45) is -1.88. The number of hydroxylamine groups is 1. The molecule has 0 aromatic heterocycles. The number of carbonyl (C=O) groups excluding carboxylic acids is 2. The molecule has 1 saturated heterocycles. The summed E-state index contributed by atoms with van der Waals surface area (Å²) in [4.78, 5) is 41.0. The lowest BCUT2D eigenvalue weighted by Crippen LogP contribution is -2.54. The molecule has 0 bridgehead atoms. The van der Waals surface area contributed by atoms with Crippen molar-refractivity contribution in [3.63, 3.8) is 0 Å². The van der Waals surface area contributed by atoms with E-state index < -0.39 is 35.5 Å². The van der Waals surface area contributed by atoms with Crippen molar-refractivity contribution in [3.05, 3.63) is 59.7 Å². The third kappa shape index (κ3) is 4.42. The van der Waals surface area contributed by atoms with E-state index in [4.69, 9.17) is 19.4 Å². The van der Waals surface area contributed by atoms with Crippen LogP contribution < -0.4 is 10.8 Å². The zero-order valence-electron chi connectivity index (χ0n) is 18.4. The number of rotatable bonds is 7. The van der Waals surface area contributed by atoms with E-state index in [1.807, 2.05) is 36.4 Å². The van der Waals surface area contributed by atoms with E-state index in [9.17, 15) is 14.4 Å². The van der Waals surface area contributed by atoms with Crippen LogP contribution in [-0.2, 0) is 23.9 Å². The second kappa shape index (κ2) is 9.21. The molecule has 2 aromatic rings. The number of aliphatic carboxylic acids is 1. The van der Waals surface area contributed by atoms with Gasteiger partial charge in [0.25, 0.3) is 5.91 Å². The number of ether oxygens (including phenoxy) is 2. The van der Waals surface area contributed by atoms with Crippen LogP contribution in [0.2, 0.25) is 0 Å². The summed E-state index contributed by atoms with van der Waals surface area (Å²) in [5.41, 5.74) is 5.47. The molecule has 0 saturated carbocycles. The van der Waals surface area contributed by atoms with Crippen molar-refractivity contribution >= 4 is 18.0 Å². The van der Waals surface area contributed by atoms with Crippen molar-refractivity contribution in [3.8, 4) is 11.1 Å². The topological polar surface area (TPSA) is 123 Å². The second-order valence-electron chi connectivity index (χ2n) is 8.48. The molecule has 9 heteroatoms. The first kappa shape index (κ1) is 22.8. The fourth-order valence-corrected chi connectivity index (χ4v) is 4.19. The number of fused-ring (bicyclic) bond motifs is 3. The number of nitrogens with one attached hydrogen (secondary N) is 2. The molecular weight excluding hydrogens is 428 g/mol. The molecule has 2 aliphatic rings. The highest BCUT2D eigenvalue weighted by atomic mass is 16.7. The highest BCUT2D eigenvalue weighted by molar-refractivity contribution is 5.84. The first-order valence-electron chi connectivity index (χ1n) is 10.7. The number of hydrogen-bond acceptors (Lipinski definition) is 6. The van der Waals surface area contributed by atoms with Crippen molar-refractivity contribution in [2.75, 3.05) is 19.8 Å². The van der Waals surface area contributed by atoms with Crippen LogP contribution in [0.5, 0.6) is 0 Å². The van der Waals surface area contributed by atoms with Gasteiger partial charge in [0.15, 0.2) is 6.10 Å². The SMILES string of the molecule is CC(ONC(=O)C1(C)COCC1NC(=O)OCC1c2ccccc2-c2ccccc21)C(=O)O. The summed E-state index contributed by atoms with van der Waals surface area (Å²) in [5, 5.41) is 11.6. The van der Waals surface area contributed by atoms with Gasteiger partial charge in [0.1, 0.15) is 6.61 Å². The van der Waals surface area contributed by atoms with Crippen LogP contribution in [-0.4, -0.2) is 55.0 Å². The average molecular weight is 454 g/mol. The Balaban J connectivity index is 1.38. The zero-order valence-corrected chi connectivity index (χ0v) is 18.4. The number of amides is 2. The molecule has 9 nitrogen and oxygen atoms in total. The first-order valence-corrected chi connectivity index (χ1v) is 10.7. The molecule has 1 fully saturated rings. The van der Waals surface area contributed by atoms with Crippen LogP contribution in [0.1, 0.15) is 30.9 Å². The summed E-state index contributed by atoms with van der Waals surface area (Å²) < 4.78 is 11.0. The van der Waals surface area contributed by atoms with Gasteiger partial charge in [0.2, 0.25) is 0 Å². The molecule has 3 unspecified atom stereocenters. The summed E-state index contributed by atoms with van der Waals surface area (Å²) in [5.74, 6) is -1.88. The lowest BCUT2D eigenvalue weighted by Gasteiger charge is -2.28. The molecule has 3 atom stereocenters. The minimum absolute atomic E-state index is 0.0397. The zero-order chi connectivity index (χ0) is 23.6. The van der Waals surface area contributed by atoms with E-state index in [0.717, 1.165) is 22.3 Å². The number of carboxylic acids is 1. The lowest BCUT2D eigenvalue weighted by atomic mass is 9.84. The molecule has 1 heterocycles. The maximum Gasteiger partial charge on any atom is 0.407 e. The Bertz CT molecular complexity index is 1030. The minimum atomic E-state index is -1.21. The van der Waals surface area contributed by atoms with Gasteiger partial charge in [-0.1, -0.05) is 48.5 Å². The monoisotopic (exact) mass is 454 g/mol. The van der Waals surface area contributed by atoms with E-state index in [1.165, 1.54) is 6.92 Å². The van der Waals surface area contributed by atoms with Gasteiger partial charge in [-0.25, -0.2) is 15.1 Å². The minimum Gasteiger partial charge on any atom is -0.479 e. The Morgan fingerprint density at radius 2 is 1.73 bits per heavy atom. The van der Waals surface area contributed by atoms with Crippen molar-refractivity contribution in [1.29, 1.82) is 0 Å². The van der Waals surface area contributed by atoms with Gasteiger partial charge >= 0.3 is 12.1 Å². The molecule has 0 spiro atoms. The molecule has 2 amide bonds. The van der Waals surface area contributed by atoms with Crippen molar-refractivity contribution in [2.24, 2.45) is 5.41 Å². The summed E-state index contributed by atoms with van der Waals surface area (Å²) in [7, 11) is 0. The van der Waals surface area contributed by atoms with Gasteiger partial charge in [-0.2, -0.15) is 0 Å². The predicted molar refractivity (Wildman–Crippen MR) is 117 cm³/mol. The van der Waals surface area contributed by atoms with E-state index in [1.54, 1.807) is 6.92 Å². The largest absolute Gasteiger partial charge is 0.479 e. The summed E-state index contributed by atoms with van der Waals surface area (Å²) >= 11 is 0. The van der Waals surface area contributed by atoms with Gasteiger partial charge in [-0.05, 0) is 36.1 Å². The molecule has 2 aromatic carbocycles. The Labute approximate surface area is 191 Å². The molecule has 33 heavy (non-hydrogen) atoms.